The molecule has 24 heavy (non-hydrogen) atoms. The number of piperidine rings is 1. The van der Waals surface area contributed by atoms with E-state index in [2.05, 4.69) is 11.0 Å². The van der Waals surface area contributed by atoms with Crippen molar-refractivity contribution < 1.29 is 13.9 Å². The fraction of sp³-hybridized carbons (Fsp3) is 0.737. The van der Waals surface area contributed by atoms with Gasteiger partial charge in [-0.15, -0.1) is 0 Å². The summed E-state index contributed by atoms with van der Waals surface area (Å²) in [5.74, 6) is 2.25. The second kappa shape index (κ2) is 6.52. The van der Waals surface area contributed by atoms with E-state index in [1.807, 2.05) is 17.9 Å². The molecule has 3 aliphatic heterocycles. The Kier molecular flexibility index (Phi) is 4.39. The number of likely N-dealkylation sites (tertiary alicyclic amines) is 2. The lowest BCUT2D eigenvalue weighted by Crippen LogP contribution is -2.45. The van der Waals surface area contributed by atoms with E-state index >= 15 is 0 Å². The van der Waals surface area contributed by atoms with Crippen molar-refractivity contribution in [3.63, 3.8) is 0 Å². The van der Waals surface area contributed by atoms with Crippen LogP contribution in [0.25, 0.3) is 0 Å². The highest BCUT2D eigenvalue weighted by molar-refractivity contribution is 5.81. The number of aryl methyl sites for hydroxylation is 1. The zero-order chi connectivity index (χ0) is 16.6. The Hall–Kier alpha value is -1.33. The predicted octanol–water partition coefficient (Wildman–Crippen LogP) is 2.72. The minimum atomic E-state index is -0.192. The maximum Gasteiger partial charge on any atom is 0.251 e. The summed E-state index contributed by atoms with van der Waals surface area (Å²) in [4.78, 5) is 17.0. The second-order valence-electron chi connectivity index (χ2n) is 7.65. The molecule has 1 atom stereocenters. The van der Waals surface area contributed by atoms with Crippen LogP contribution in [0, 0.1) is 6.92 Å². The number of hydrogen-bond acceptors (Lipinski definition) is 4. The lowest BCUT2D eigenvalue weighted by atomic mass is 9.88. The number of nitrogens with zero attached hydrogens (tertiary/aromatic N) is 2. The number of carbonyl (C=O) groups is 1. The molecule has 0 N–H and O–H groups in total. The first kappa shape index (κ1) is 16.2. The Morgan fingerprint density at radius 3 is 2.58 bits per heavy atom. The fourth-order valence-electron chi connectivity index (χ4n) is 4.41. The van der Waals surface area contributed by atoms with Crippen LogP contribution in [-0.2, 0) is 16.1 Å². The van der Waals surface area contributed by atoms with Crippen LogP contribution in [0.5, 0.6) is 0 Å². The number of rotatable bonds is 3. The van der Waals surface area contributed by atoms with E-state index < -0.39 is 0 Å². The van der Waals surface area contributed by atoms with E-state index in [1.165, 1.54) is 0 Å². The molecule has 1 spiro atoms. The van der Waals surface area contributed by atoms with Crippen molar-refractivity contribution in [2.75, 3.05) is 26.2 Å². The Morgan fingerprint density at radius 2 is 1.92 bits per heavy atom. The third-order valence-corrected chi connectivity index (χ3v) is 5.89. The van der Waals surface area contributed by atoms with E-state index in [-0.39, 0.29) is 17.6 Å². The molecule has 1 amide bonds. The topological polar surface area (TPSA) is 45.9 Å². The van der Waals surface area contributed by atoms with Crippen LogP contribution in [0.1, 0.15) is 50.0 Å². The first-order valence-corrected chi connectivity index (χ1v) is 9.38. The van der Waals surface area contributed by atoms with Crippen LogP contribution in [-0.4, -0.2) is 53.6 Å². The number of amides is 1. The molecule has 4 rings (SSSR count). The molecule has 5 heteroatoms. The zero-order valence-electron chi connectivity index (χ0n) is 14.6. The van der Waals surface area contributed by atoms with E-state index in [1.54, 1.807) is 0 Å². The van der Waals surface area contributed by atoms with Gasteiger partial charge in [-0.25, -0.2) is 0 Å². The van der Waals surface area contributed by atoms with Crippen LogP contribution >= 0.6 is 0 Å². The zero-order valence-corrected chi connectivity index (χ0v) is 14.6. The highest BCUT2D eigenvalue weighted by atomic mass is 16.5. The summed E-state index contributed by atoms with van der Waals surface area (Å²) >= 11 is 0. The molecule has 5 nitrogen and oxygen atoms in total. The van der Waals surface area contributed by atoms with Crippen LogP contribution in [0.4, 0.5) is 0 Å². The molecule has 0 saturated carbocycles. The molecule has 0 aromatic carbocycles. The molecule has 132 valence electrons. The van der Waals surface area contributed by atoms with Crippen LogP contribution in [0.2, 0.25) is 0 Å². The Bertz CT molecular complexity index is 583. The third kappa shape index (κ3) is 3.24. The van der Waals surface area contributed by atoms with Gasteiger partial charge in [-0.3, -0.25) is 9.69 Å². The van der Waals surface area contributed by atoms with Crippen LogP contribution in [0.3, 0.4) is 0 Å². The van der Waals surface area contributed by atoms with E-state index in [4.69, 9.17) is 9.15 Å². The number of ether oxygens (including phenoxy) is 1. The summed E-state index contributed by atoms with van der Waals surface area (Å²) in [6.07, 6.45) is 6.07. The number of carbonyl (C=O) groups excluding carboxylic acids is 1. The molecular weight excluding hydrogens is 304 g/mol. The van der Waals surface area contributed by atoms with Gasteiger partial charge in [0, 0.05) is 26.2 Å². The average Bonchev–Trinajstić information content (AvgIpc) is 3.31. The summed E-state index contributed by atoms with van der Waals surface area (Å²) in [6, 6.07) is 4.09. The van der Waals surface area contributed by atoms with Crippen molar-refractivity contribution in [1.29, 1.82) is 0 Å². The SMILES string of the molecule is Cc1ccc(CN2CCC3(CCC(C(=O)N4CCCC4)O3)CC2)o1. The smallest absolute Gasteiger partial charge is 0.251 e. The molecule has 1 aromatic heterocycles. The normalized spacial score (nSPS) is 27.2. The largest absolute Gasteiger partial charge is 0.465 e. The van der Waals surface area contributed by atoms with Crippen molar-refractivity contribution in [2.45, 2.75) is 63.7 Å². The van der Waals surface area contributed by atoms with Crippen LogP contribution in [0.15, 0.2) is 16.5 Å². The summed E-state index contributed by atoms with van der Waals surface area (Å²) in [5.41, 5.74) is -0.0599. The van der Waals surface area contributed by atoms with Crippen molar-refractivity contribution in [3.8, 4) is 0 Å². The van der Waals surface area contributed by atoms with Crippen molar-refractivity contribution in [1.82, 2.24) is 9.80 Å². The molecule has 3 aliphatic rings. The molecule has 0 bridgehead atoms. The van der Waals surface area contributed by atoms with Gasteiger partial charge in [-0.2, -0.15) is 0 Å². The standard InChI is InChI=1S/C19H28N2O3/c1-15-4-5-16(23-15)14-20-12-8-19(9-13-20)7-6-17(24-19)18(22)21-10-2-3-11-21/h4-5,17H,2-3,6-14H2,1H3. The van der Waals surface area contributed by atoms with Crippen molar-refractivity contribution >= 4 is 5.91 Å². The van der Waals surface area contributed by atoms with Crippen molar-refractivity contribution in [3.05, 3.63) is 23.7 Å². The summed E-state index contributed by atoms with van der Waals surface area (Å²) in [7, 11) is 0. The highest BCUT2D eigenvalue weighted by Crippen LogP contribution is 2.40. The van der Waals surface area contributed by atoms with E-state index in [9.17, 15) is 4.79 Å². The first-order valence-electron chi connectivity index (χ1n) is 9.38. The van der Waals surface area contributed by atoms with Gasteiger partial charge >= 0.3 is 0 Å². The molecule has 1 unspecified atom stereocenters. The molecule has 4 heterocycles. The lowest BCUT2D eigenvalue weighted by molar-refractivity contribution is -0.150. The number of furan rings is 1. The Balaban J connectivity index is 1.29. The molecule has 0 aliphatic carbocycles. The third-order valence-electron chi connectivity index (χ3n) is 5.89. The van der Waals surface area contributed by atoms with Gasteiger partial charge in [-0.1, -0.05) is 0 Å². The molecule has 3 fully saturated rings. The van der Waals surface area contributed by atoms with Gasteiger partial charge in [0.25, 0.3) is 5.91 Å². The molecule has 3 saturated heterocycles. The fourth-order valence-corrected chi connectivity index (χ4v) is 4.41. The quantitative estimate of drug-likeness (QED) is 0.854. The maximum absolute atomic E-state index is 12.6. The first-order chi connectivity index (χ1) is 11.6. The lowest BCUT2D eigenvalue weighted by Gasteiger charge is -2.39. The highest BCUT2D eigenvalue weighted by Gasteiger charge is 2.45. The van der Waals surface area contributed by atoms with Crippen LogP contribution < -0.4 is 0 Å². The van der Waals surface area contributed by atoms with E-state index in [0.717, 1.165) is 82.8 Å². The molecular formula is C19H28N2O3. The van der Waals surface area contributed by atoms with Gasteiger partial charge in [0.15, 0.2) is 0 Å². The van der Waals surface area contributed by atoms with Gasteiger partial charge in [0.2, 0.25) is 0 Å². The predicted molar refractivity (Wildman–Crippen MR) is 90.6 cm³/mol. The van der Waals surface area contributed by atoms with Gasteiger partial charge in [0.05, 0.1) is 12.1 Å². The maximum atomic E-state index is 12.6. The Morgan fingerprint density at radius 1 is 1.17 bits per heavy atom. The minimum absolute atomic E-state index is 0.0599. The summed E-state index contributed by atoms with van der Waals surface area (Å²) < 4.78 is 12.0. The molecule has 0 radical (unpaired) electrons. The Labute approximate surface area is 143 Å². The molecule has 1 aromatic rings. The summed E-state index contributed by atoms with van der Waals surface area (Å²) in [6.45, 7) is 6.73. The monoisotopic (exact) mass is 332 g/mol. The van der Waals surface area contributed by atoms with Crippen molar-refractivity contribution in [2.24, 2.45) is 0 Å². The average molecular weight is 332 g/mol. The summed E-state index contributed by atoms with van der Waals surface area (Å²) in [5, 5.41) is 0. The number of hydrogen-bond donors (Lipinski definition) is 0. The second-order valence-corrected chi connectivity index (χ2v) is 7.65. The van der Waals surface area contributed by atoms with E-state index in [0.29, 0.717) is 0 Å². The van der Waals surface area contributed by atoms with Gasteiger partial charge in [0.1, 0.15) is 17.6 Å². The van der Waals surface area contributed by atoms with Gasteiger partial charge < -0.3 is 14.1 Å². The van der Waals surface area contributed by atoms with Gasteiger partial charge in [-0.05, 0) is 57.6 Å². The minimum Gasteiger partial charge on any atom is -0.465 e.